The number of ether oxygens (including phenoxy) is 2. The maximum atomic E-state index is 12.6. The number of hydrogen-bond acceptors (Lipinski definition) is 3. The molecule has 0 radical (unpaired) electrons. The predicted molar refractivity (Wildman–Crippen MR) is 85.3 cm³/mol. The Labute approximate surface area is 128 Å². The van der Waals surface area contributed by atoms with Gasteiger partial charge in [-0.2, -0.15) is 0 Å². The first-order chi connectivity index (χ1) is 10.2. The second kappa shape index (κ2) is 9.27. The van der Waals surface area contributed by atoms with Crippen LogP contribution in [-0.2, 0) is 0 Å². The van der Waals surface area contributed by atoms with Gasteiger partial charge in [-0.05, 0) is 44.9 Å². The number of nitrogens with zero attached hydrogens (tertiary/aromatic N) is 1. The lowest BCUT2D eigenvalue weighted by Gasteiger charge is -2.22. The Morgan fingerprint density at radius 1 is 0.952 bits per heavy atom. The van der Waals surface area contributed by atoms with Crippen molar-refractivity contribution in [2.75, 3.05) is 26.3 Å². The predicted octanol–water partition coefficient (Wildman–Crippen LogP) is 3.75. The summed E-state index contributed by atoms with van der Waals surface area (Å²) >= 11 is 0. The fourth-order valence-electron chi connectivity index (χ4n) is 2.22. The molecular weight excluding hydrogens is 266 g/mol. The highest BCUT2D eigenvalue weighted by Gasteiger charge is 2.16. The first-order valence-corrected chi connectivity index (χ1v) is 7.86. The van der Waals surface area contributed by atoms with Gasteiger partial charge in [0.05, 0.1) is 13.2 Å². The van der Waals surface area contributed by atoms with Crippen LogP contribution in [0.4, 0.5) is 0 Å². The molecule has 0 aliphatic rings. The van der Waals surface area contributed by atoms with Crippen molar-refractivity contribution in [3.8, 4) is 11.5 Å². The number of hydrogen-bond donors (Lipinski definition) is 0. The first-order valence-electron chi connectivity index (χ1n) is 7.86. The highest BCUT2D eigenvalue weighted by molar-refractivity contribution is 5.95. The molecule has 0 aliphatic heterocycles. The van der Waals surface area contributed by atoms with E-state index < -0.39 is 0 Å². The summed E-state index contributed by atoms with van der Waals surface area (Å²) < 4.78 is 11.1. The lowest BCUT2D eigenvalue weighted by Crippen LogP contribution is -2.32. The molecule has 1 aromatic carbocycles. The van der Waals surface area contributed by atoms with E-state index in [0.29, 0.717) is 30.3 Å². The fraction of sp³-hybridized carbons (Fsp3) is 0.588. The van der Waals surface area contributed by atoms with E-state index in [0.717, 1.165) is 25.9 Å². The van der Waals surface area contributed by atoms with Gasteiger partial charge in [0, 0.05) is 18.7 Å². The average molecular weight is 293 g/mol. The topological polar surface area (TPSA) is 38.8 Å². The number of carbonyl (C=O) groups is 1. The Kier molecular flexibility index (Phi) is 7.65. The van der Waals surface area contributed by atoms with Crippen LogP contribution in [0.1, 0.15) is 50.9 Å². The van der Waals surface area contributed by atoms with Crippen molar-refractivity contribution in [3.63, 3.8) is 0 Å². The summed E-state index contributed by atoms with van der Waals surface area (Å²) in [5.74, 6) is 1.38. The van der Waals surface area contributed by atoms with Gasteiger partial charge >= 0.3 is 0 Å². The van der Waals surface area contributed by atoms with Crippen LogP contribution < -0.4 is 9.47 Å². The molecule has 0 saturated heterocycles. The SMILES string of the molecule is CCCN(CCC)C(=O)c1ccc(OCC)c(OCC)c1. The van der Waals surface area contributed by atoms with E-state index in [4.69, 9.17) is 9.47 Å². The molecule has 0 heterocycles. The number of amides is 1. The molecule has 21 heavy (non-hydrogen) atoms. The van der Waals surface area contributed by atoms with Crippen molar-refractivity contribution in [2.45, 2.75) is 40.5 Å². The zero-order chi connectivity index (χ0) is 15.7. The zero-order valence-corrected chi connectivity index (χ0v) is 13.6. The summed E-state index contributed by atoms with van der Waals surface area (Å²) in [6.07, 6.45) is 1.92. The van der Waals surface area contributed by atoms with Gasteiger partial charge in [0.1, 0.15) is 0 Å². The Balaban J connectivity index is 3.00. The molecule has 1 amide bonds. The molecule has 0 bridgehead atoms. The number of carbonyl (C=O) groups excluding carboxylic acids is 1. The number of benzene rings is 1. The quantitative estimate of drug-likeness (QED) is 0.696. The van der Waals surface area contributed by atoms with Gasteiger partial charge in [-0.1, -0.05) is 13.8 Å². The van der Waals surface area contributed by atoms with Crippen LogP contribution in [0.2, 0.25) is 0 Å². The minimum atomic E-state index is 0.0581. The Morgan fingerprint density at radius 2 is 1.52 bits per heavy atom. The van der Waals surface area contributed by atoms with E-state index in [9.17, 15) is 4.79 Å². The van der Waals surface area contributed by atoms with Gasteiger partial charge in [-0.3, -0.25) is 4.79 Å². The molecule has 0 spiro atoms. The zero-order valence-electron chi connectivity index (χ0n) is 13.6. The third kappa shape index (κ3) is 4.96. The van der Waals surface area contributed by atoms with Gasteiger partial charge in [-0.15, -0.1) is 0 Å². The molecule has 0 saturated carbocycles. The lowest BCUT2D eigenvalue weighted by molar-refractivity contribution is 0.0755. The van der Waals surface area contributed by atoms with Crippen LogP contribution in [-0.4, -0.2) is 37.1 Å². The van der Waals surface area contributed by atoms with Gasteiger partial charge in [0.2, 0.25) is 0 Å². The van der Waals surface area contributed by atoms with Gasteiger partial charge in [0.25, 0.3) is 5.91 Å². The standard InChI is InChI=1S/C17H27NO3/c1-5-11-18(12-6-2)17(19)14-9-10-15(20-7-3)16(13-14)21-8-4/h9-10,13H,5-8,11-12H2,1-4H3. The van der Waals surface area contributed by atoms with Gasteiger partial charge in [-0.25, -0.2) is 0 Å². The molecule has 0 fully saturated rings. The van der Waals surface area contributed by atoms with Crippen LogP contribution >= 0.6 is 0 Å². The molecule has 0 N–H and O–H groups in total. The third-order valence-corrected chi connectivity index (χ3v) is 3.06. The van der Waals surface area contributed by atoms with Gasteiger partial charge < -0.3 is 14.4 Å². The van der Waals surface area contributed by atoms with Crippen molar-refractivity contribution in [3.05, 3.63) is 23.8 Å². The summed E-state index contributed by atoms with van der Waals surface area (Å²) in [7, 11) is 0. The smallest absolute Gasteiger partial charge is 0.253 e. The van der Waals surface area contributed by atoms with Crippen LogP contribution in [0.15, 0.2) is 18.2 Å². The molecule has 4 heteroatoms. The van der Waals surface area contributed by atoms with E-state index in [1.807, 2.05) is 30.9 Å². The minimum Gasteiger partial charge on any atom is -0.490 e. The monoisotopic (exact) mass is 293 g/mol. The maximum absolute atomic E-state index is 12.6. The average Bonchev–Trinajstić information content (AvgIpc) is 2.48. The van der Waals surface area contributed by atoms with Crippen molar-refractivity contribution >= 4 is 5.91 Å². The van der Waals surface area contributed by atoms with Crippen LogP contribution in [0.25, 0.3) is 0 Å². The third-order valence-electron chi connectivity index (χ3n) is 3.06. The minimum absolute atomic E-state index is 0.0581. The summed E-state index contributed by atoms with van der Waals surface area (Å²) in [4.78, 5) is 14.5. The largest absolute Gasteiger partial charge is 0.490 e. The first kappa shape index (κ1) is 17.3. The van der Waals surface area contributed by atoms with E-state index in [1.165, 1.54) is 0 Å². The van der Waals surface area contributed by atoms with Crippen molar-refractivity contribution in [1.82, 2.24) is 4.90 Å². The molecule has 0 unspecified atom stereocenters. The van der Waals surface area contributed by atoms with E-state index in [-0.39, 0.29) is 5.91 Å². The molecule has 1 rings (SSSR count). The van der Waals surface area contributed by atoms with Crippen molar-refractivity contribution in [2.24, 2.45) is 0 Å². The summed E-state index contributed by atoms with van der Waals surface area (Å²) in [6.45, 7) is 10.7. The second-order valence-corrected chi connectivity index (χ2v) is 4.82. The Bertz CT molecular complexity index is 440. The Morgan fingerprint density at radius 3 is 2.05 bits per heavy atom. The molecular formula is C17H27NO3. The number of rotatable bonds is 9. The van der Waals surface area contributed by atoms with Crippen molar-refractivity contribution in [1.29, 1.82) is 0 Å². The summed E-state index contributed by atoms with van der Waals surface area (Å²) in [5.41, 5.74) is 0.656. The second-order valence-electron chi connectivity index (χ2n) is 4.82. The normalized spacial score (nSPS) is 10.3. The molecule has 1 aromatic rings. The van der Waals surface area contributed by atoms with E-state index in [1.54, 1.807) is 6.07 Å². The molecule has 0 aromatic heterocycles. The molecule has 4 nitrogen and oxygen atoms in total. The summed E-state index contributed by atoms with van der Waals surface area (Å²) in [6, 6.07) is 5.42. The van der Waals surface area contributed by atoms with Crippen LogP contribution in [0, 0.1) is 0 Å². The van der Waals surface area contributed by atoms with Gasteiger partial charge in [0.15, 0.2) is 11.5 Å². The van der Waals surface area contributed by atoms with E-state index in [2.05, 4.69) is 13.8 Å². The highest BCUT2D eigenvalue weighted by atomic mass is 16.5. The molecule has 118 valence electrons. The summed E-state index contributed by atoms with van der Waals surface area (Å²) in [5, 5.41) is 0. The Hall–Kier alpha value is -1.71. The molecule has 0 aliphatic carbocycles. The highest BCUT2D eigenvalue weighted by Crippen LogP contribution is 2.29. The lowest BCUT2D eigenvalue weighted by atomic mass is 10.1. The molecule has 0 atom stereocenters. The van der Waals surface area contributed by atoms with Crippen LogP contribution in [0.3, 0.4) is 0 Å². The maximum Gasteiger partial charge on any atom is 0.253 e. The van der Waals surface area contributed by atoms with Crippen LogP contribution in [0.5, 0.6) is 11.5 Å². The van der Waals surface area contributed by atoms with Crippen molar-refractivity contribution < 1.29 is 14.3 Å². The van der Waals surface area contributed by atoms with E-state index >= 15 is 0 Å². The fourth-order valence-corrected chi connectivity index (χ4v) is 2.22.